The van der Waals surface area contributed by atoms with E-state index in [4.69, 9.17) is 5.26 Å². The Kier molecular flexibility index (Phi) is 5.31. The first kappa shape index (κ1) is 14.7. The lowest BCUT2D eigenvalue weighted by molar-refractivity contribution is 0.0926. The van der Waals surface area contributed by atoms with Crippen LogP contribution in [0.2, 0.25) is 0 Å². The summed E-state index contributed by atoms with van der Waals surface area (Å²) in [6.07, 6.45) is 5.00. The maximum absolute atomic E-state index is 12.3. The van der Waals surface area contributed by atoms with Crippen molar-refractivity contribution in [2.75, 3.05) is 13.1 Å². The van der Waals surface area contributed by atoms with E-state index in [0.29, 0.717) is 25.6 Å². The second-order valence-corrected chi connectivity index (χ2v) is 5.48. The average molecular weight is 270 g/mol. The minimum atomic E-state index is 0.165. The lowest BCUT2D eigenvalue weighted by Gasteiger charge is -2.19. The zero-order chi connectivity index (χ0) is 14.4. The van der Waals surface area contributed by atoms with Gasteiger partial charge in [0.2, 0.25) is 0 Å². The van der Waals surface area contributed by atoms with Gasteiger partial charge in [-0.3, -0.25) is 9.69 Å². The Morgan fingerprint density at radius 2 is 2.05 bits per heavy atom. The molecule has 106 valence electrons. The molecule has 0 saturated heterocycles. The van der Waals surface area contributed by atoms with Crippen molar-refractivity contribution in [3.8, 4) is 6.07 Å². The van der Waals surface area contributed by atoms with Crippen molar-refractivity contribution < 1.29 is 4.79 Å². The van der Waals surface area contributed by atoms with E-state index in [1.165, 1.54) is 5.56 Å². The molecule has 0 bridgehead atoms. The summed E-state index contributed by atoms with van der Waals surface area (Å²) in [6, 6.07) is 10.6. The van der Waals surface area contributed by atoms with E-state index in [1.54, 1.807) is 0 Å². The first-order chi connectivity index (χ1) is 9.74. The number of nitriles is 1. The van der Waals surface area contributed by atoms with Crippen LogP contribution in [0.5, 0.6) is 0 Å². The van der Waals surface area contributed by atoms with Crippen LogP contribution in [0.3, 0.4) is 0 Å². The molecule has 0 aliphatic heterocycles. The van der Waals surface area contributed by atoms with Crippen LogP contribution in [0.25, 0.3) is 0 Å². The fraction of sp³-hybridized carbons (Fsp3) is 0.529. The molecule has 0 heterocycles. The maximum atomic E-state index is 12.3. The average Bonchev–Trinajstić information content (AvgIpc) is 3.29. The van der Waals surface area contributed by atoms with Crippen LogP contribution in [-0.2, 0) is 6.42 Å². The standard InChI is InChI=1S/C17H22N2O/c1-2-4-14-5-7-15(8-6-14)17(20)13-19(12-3-11-18)16-9-10-16/h5-8,16H,2-4,9-10,12-13H2,1H3. The number of nitrogens with zero attached hydrogens (tertiary/aromatic N) is 2. The summed E-state index contributed by atoms with van der Waals surface area (Å²) in [5.41, 5.74) is 2.07. The molecule has 20 heavy (non-hydrogen) atoms. The van der Waals surface area contributed by atoms with E-state index in [2.05, 4.69) is 17.9 Å². The van der Waals surface area contributed by atoms with Crippen LogP contribution in [0, 0.1) is 11.3 Å². The third-order valence-electron chi connectivity index (χ3n) is 3.74. The second-order valence-electron chi connectivity index (χ2n) is 5.48. The van der Waals surface area contributed by atoms with Gasteiger partial charge < -0.3 is 0 Å². The third kappa shape index (κ3) is 4.18. The van der Waals surface area contributed by atoms with Gasteiger partial charge in [0.15, 0.2) is 5.78 Å². The summed E-state index contributed by atoms with van der Waals surface area (Å²) in [7, 11) is 0. The van der Waals surface area contributed by atoms with Crippen LogP contribution in [0.1, 0.15) is 48.5 Å². The summed E-state index contributed by atoms with van der Waals surface area (Å²) >= 11 is 0. The molecule has 0 radical (unpaired) electrons. The number of hydrogen-bond donors (Lipinski definition) is 0. The Bertz CT molecular complexity index is 483. The maximum Gasteiger partial charge on any atom is 0.176 e. The highest BCUT2D eigenvalue weighted by atomic mass is 16.1. The molecule has 0 unspecified atom stereocenters. The molecular weight excluding hydrogens is 248 g/mol. The van der Waals surface area contributed by atoms with Gasteiger partial charge in [-0.25, -0.2) is 0 Å². The van der Waals surface area contributed by atoms with E-state index in [1.807, 2.05) is 24.3 Å². The highest BCUT2D eigenvalue weighted by molar-refractivity contribution is 5.97. The van der Waals surface area contributed by atoms with E-state index in [9.17, 15) is 4.79 Å². The first-order valence-corrected chi connectivity index (χ1v) is 7.47. The molecule has 1 aliphatic rings. The highest BCUT2D eigenvalue weighted by Crippen LogP contribution is 2.27. The SMILES string of the molecule is CCCc1ccc(C(=O)CN(CCC#N)C2CC2)cc1. The normalized spacial score (nSPS) is 14.2. The van der Waals surface area contributed by atoms with E-state index < -0.39 is 0 Å². The molecule has 3 heteroatoms. The molecule has 0 aromatic heterocycles. The van der Waals surface area contributed by atoms with Gasteiger partial charge in [-0.1, -0.05) is 37.6 Å². The lowest BCUT2D eigenvalue weighted by Crippen LogP contribution is -2.32. The Balaban J connectivity index is 1.93. The Morgan fingerprint density at radius 3 is 2.60 bits per heavy atom. The van der Waals surface area contributed by atoms with Gasteiger partial charge in [0.25, 0.3) is 0 Å². The van der Waals surface area contributed by atoms with Gasteiger partial charge in [0.1, 0.15) is 0 Å². The predicted molar refractivity (Wildman–Crippen MR) is 79.6 cm³/mol. The molecule has 1 fully saturated rings. The fourth-order valence-electron chi connectivity index (χ4n) is 2.45. The van der Waals surface area contributed by atoms with Crippen molar-refractivity contribution in [2.45, 2.75) is 45.1 Å². The van der Waals surface area contributed by atoms with Gasteiger partial charge >= 0.3 is 0 Å². The molecule has 1 saturated carbocycles. The number of rotatable bonds is 8. The Labute approximate surface area is 121 Å². The van der Waals surface area contributed by atoms with Crippen molar-refractivity contribution in [1.82, 2.24) is 4.90 Å². The van der Waals surface area contributed by atoms with Crippen LogP contribution in [-0.4, -0.2) is 29.8 Å². The summed E-state index contributed by atoms with van der Waals surface area (Å²) in [5, 5.41) is 8.69. The smallest absolute Gasteiger partial charge is 0.176 e. The monoisotopic (exact) mass is 270 g/mol. The summed E-state index contributed by atoms with van der Waals surface area (Å²) < 4.78 is 0. The Hall–Kier alpha value is -1.66. The summed E-state index contributed by atoms with van der Waals surface area (Å²) in [6.45, 7) is 3.31. The van der Waals surface area contributed by atoms with Crippen LogP contribution < -0.4 is 0 Å². The summed E-state index contributed by atoms with van der Waals surface area (Å²) in [5.74, 6) is 0.165. The quantitative estimate of drug-likeness (QED) is 0.681. The second kappa shape index (κ2) is 7.21. The molecule has 0 atom stereocenters. The van der Waals surface area contributed by atoms with Gasteiger partial charge in [-0.15, -0.1) is 0 Å². The van der Waals surface area contributed by atoms with Crippen LogP contribution in [0.15, 0.2) is 24.3 Å². The van der Waals surface area contributed by atoms with E-state index in [-0.39, 0.29) is 5.78 Å². The number of hydrogen-bond acceptors (Lipinski definition) is 3. The molecule has 1 aromatic rings. The van der Waals surface area contributed by atoms with Crippen molar-refractivity contribution in [3.63, 3.8) is 0 Å². The zero-order valence-corrected chi connectivity index (χ0v) is 12.1. The van der Waals surface area contributed by atoms with Crippen molar-refractivity contribution in [2.24, 2.45) is 0 Å². The molecule has 1 aliphatic carbocycles. The van der Waals surface area contributed by atoms with Crippen molar-refractivity contribution in [1.29, 1.82) is 5.26 Å². The van der Waals surface area contributed by atoms with Gasteiger partial charge in [0, 0.05) is 24.6 Å². The molecular formula is C17H22N2O. The number of ketones is 1. The van der Waals surface area contributed by atoms with E-state index in [0.717, 1.165) is 31.2 Å². The number of carbonyl (C=O) groups excluding carboxylic acids is 1. The summed E-state index contributed by atoms with van der Waals surface area (Å²) in [4.78, 5) is 14.5. The number of Topliss-reactive ketones (excluding diaryl/α,β-unsaturated/α-hetero) is 1. The molecule has 1 aromatic carbocycles. The minimum absolute atomic E-state index is 0.165. The molecule has 2 rings (SSSR count). The fourth-order valence-corrected chi connectivity index (χ4v) is 2.45. The highest BCUT2D eigenvalue weighted by Gasteiger charge is 2.29. The van der Waals surface area contributed by atoms with Crippen molar-refractivity contribution >= 4 is 5.78 Å². The van der Waals surface area contributed by atoms with Gasteiger partial charge in [-0.2, -0.15) is 5.26 Å². The first-order valence-electron chi connectivity index (χ1n) is 7.47. The molecule has 0 amide bonds. The van der Waals surface area contributed by atoms with E-state index >= 15 is 0 Å². The van der Waals surface area contributed by atoms with Crippen molar-refractivity contribution in [3.05, 3.63) is 35.4 Å². The predicted octanol–water partition coefficient (Wildman–Crippen LogP) is 3.20. The third-order valence-corrected chi connectivity index (χ3v) is 3.74. The van der Waals surface area contributed by atoms with Crippen LogP contribution >= 0.6 is 0 Å². The van der Waals surface area contributed by atoms with Gasteiger partial charge in [0.05, 0.1) is 12.6 Å². The molecule has 0 spiro atoms. The lowest BCUT2D eigenvalue weighted by atomic mass is 10.0. The largest absolute Gasteiger partial charge is 0.293 e. The number of benzene rings is 1. The van der Waals surface area contributed by atoms with Crippen LogP contribution in [0.4, 0.5) is 0 Å². The molecule has 0 N–H and O–H groups in total. The topological polar surface area (TPSA) is 44.1 Å². The van der Waals surface area contributed by atoms with Gasteiger partial charge in [-0.05, 0) is 24.8 Å². The zero-order valence-electron chi connectivity index (χ0n) is 12.1. The molecule has 3 nitrogen and oxygen atoms in total. The Morgan fingerprint density at radius 1 is 1.35 bits per heavy atom. The number of aryl methyl sites for hydroxylation is 1. The number of carbonyl (C=O) groups is 1. The minimum Gasteiger partial charge on any atom is -0.293 e.